The molecule has 1 saturated heterocycles. The van der Waals surface area contributed by atoms with Gasteiger partial charge in [0.2, 0.25) is 5.91 Å². The molecule has 3 rings (SSSR count). The molecule has 2 aromatic carbocycles. The number of carbonyl (C=O) groups is 2. The molecule has 5 nitrogen and oxygen atoms in total. The summed E-state index contributed by atoms with van der Waals surface area (Å²) in [4.78, 5) is 27.7. The van der Waals surface area contributed by atoms with Gasteiger partial charge < -0.3 is 15.5 Å². The van der Waals surface area contributed by atoms with Gasteiger partial charge in [0.1, 0.15) is 6.04 Å². The molecule has 2 N–H and O–H groups in total. The summed E-state index contributed by atoms with van der Waals surface area (Å²) < 4.78 is 0. The van der Waals surface area contributed by atoms with Crippen molar-refractivity contribution >= 4 is 17.5 Å². The van der Waals surface area contributed by atoms with Crippen LogP contribution in [-0.4, -0.2) is 37.5 Å². The number of nitrogens with one attached hydrogen (secondary N) is 2. The van der Waals surface area contributed by atoms with E-state index in [1.54, 1.807) is 12.1 Å². The number of benzene rings is 2. The second-order valence-electron chi connectivity index (χ2n) is 8.24. The molecular weight excluding hydrogens is 362 g/mol. The molecule has 1 fully saturated rings. The average molecular weight is 394 g/mol. The number of hydrogen-bond acceptors (Lipinski definition) is 3. The van der Waals surface area contributed by atoms with Gasteiger partial charge in [-0.3, -0.25) is 9.59 Å². The minimum Gasteiger partial charge on any atom is -0.371 e. The van der Waals surface area contributed by atoms with Gasteiger partial charge in [-0.2, -0.15) is 0 Å². The number of carbonyl (C=O) groups excluding carboxylic acids is 2. The van der Waals surface area contributed by atoms with Gasteiger partial charge in [-0.1, -0.05) is 49.7 Å². The molecule has 0 radical (unpaired) electrons. The number of hydrogen-bond donors (Lipinski definition) is 2. The highest BCUT2D eigenvalue weighted by atomic mass is 16.2. The van der Waals surface area contributed by atoms with E-state index in [1.807, 2.05) is 51.1 Å². The van der Waals surface area contributed by atoms with Crippen LogP contribution in [-0.2, 0) is 4.79 Å². The van der Waals surface area contributed by atoms with Crippen molar-refractivity contribution in [3.05, 3.63) is 65.7 Å². The van der Waals surface area contributed by atoms with Crippen LogP contribution in [0, 0.1) is 18.8 Å². The first-order valence-electron chi connectivity index (χ1n) is 10.4. The van der Waals surface area contributed by atoms with Crippen LogP contribution in [0.2, 0.25) is 0 Å². The lowest BCUT2D eigenvalue weighted by Crippen LogP contribution is -2.50. The Morgan fingerprint density at radius 3 is 2.41 bits per heavy atom. The molecule has 154 valence electrons. The summed E-state index contributed by atoms with van der Waals surface area (Å²) in [5, 5.41) is 5.96. The first-order chi connectivity index (χ1) is 13.9. The number of aryl methyl sites for hydroxylation is 1. The van der Waals surface area contributed by atoms with Gasteiger partial charge in [-0.15, -0.1) is 0 Å². The fourth-order valence-electron chi connectivity index (χ4n) is 3.69. The molecule has 0 bridgehead atoms. The molecule has 0 aliphatic carbocycles. The molecule has 2 atom stereocenters. The van der Waals surface area contributed by atoms with Gasteiger partial charge in [0, 0.05) is 30.9 Å². The van der Waals surface area contributed by atoms with Crippen LogP contribution in [0.1, 0.15) is 36.2 Å². The highest BCUT2D eigenvalue weighted by Crippen LogP contribution is 2.23. The summed E-state index contributed by atoms with van der Waals surface area (Å²) in [7, 11) is 0. The maximum absolute atomic E-state index is 12.8. The van der Waals surface area contributed by atoms with Gasteiger partial charge in [-0.05, 0) is 49.4 Å². The van der Waals surface area contributed by atoms with Crippen LogP contribution in [0.3, 0.4) is 0 Å². The van der Waals surface area contributed by atoms with Crippen LogP contribution in [0.4, 0.5) is 5.69 Å². The van der Waals surface area contributed by atoms with Crippen molar-refractivity contribution in [3.63, 3.8) is 0 Å². The summed E-state index contributed by atoms with van der Waals surface area (Å²) in [6.07, 6.45) is 1.05. The van der Waals surface area contributed by atoms with E-state index in [-0.39, 0.29) is 17.7 Å². The largest absolute Gasteiger partial charge is 0.371 e. The molecule has 0 aromatic heterocycles. The Hall–Kier alpha value is -2.82. The molecule has 2 unspecified atom stereocenters. The molecule has 0 spiro atoms. The molecule has 5 heteroatoms. The lowest BCUT2D eigenvalue weighted by molar-refractivity contribution is -0.124. The first-order valence-corrected chi connectivity index (χ1v) is 10.4. The van der Waals surface area contributed by atoms with Crippen LogP contribution >= 0.6 is 0 Å². The zero-order valence-corrected chi connectivity index (χ0v) is 17.5. The number of nitrogens with zero attached hydrogens (tertiary/aromatic N) is 1. The zero-order chi connectivity index (χ0) is 20.8. The fourth-order valence-corrected chi connectivity index (χ4v) is 3.69. The van der Waals surface area contributed by atoms with Crippen molar-refractivity contribution in [2.45, 2.75) is 33.2 Å². The van der Waals surface area contributed by atoms with Crippen LogP contribution in [0.25, 0.3) is 0 Å². The monoisotopic (exact) mass is 393 g/mol. The van der Waals surface area contributed by atoms with E-state index in [9.17, 15) is 9.59 Å². The molecule has 1 aliphatic rings. The molecule has 1 aliphatic heterocycles. The summed E-state index contributed by atoms with van der Waals surface area (Å²) in [6, 6.07) is 17.2. The third-order valence-electron chi connectivity index (χ3n) is 5.52. The van der Waals surface area contributed by atoms with E-state index in [0.717, 1.165) is 25.1 Å². The smallest absolute Gasteiger partial charge is 0.251 e. The first kappa shape index (κ1) is 20.9. The zero-order valence-electron chi connectivity index (χ0n) is 17.5. The van der Waals surface area contributed by atoms with Crippen LogP contribution < -0.4 is 15.5 Å². The Bertz CT molecular complexity index is 818. The van der Waals surface area contributed by atoms with Crippen molar-refractivity contribution in [1.29, 1.82) is 0 Å². The Kier molecular flexibility index (Phi) is 6.91. The van der Waals surface area contributed by atoms with Crippen LogP contribution in [0.15, 0.2) is 54.6 Å². The number of para-hydroxylation sites is 1. The maximum Gasteiger partial charge on any atom is 0.251 e. The third-order valence-corrected chi connectivity index (χ3v) is 5.52. The minimum absolute atomic E-state index is 0.00814. The summed E-state index contributed by atoms with van der Waals surface area (Å²) in [5.41, 5.74) is 2.90. The predicted octanol–water partition coefficient (Wildman–Crippen LogP) is 3.39. The Balaban J connectivity index is 1.52. The third kappa shape index (κ3) is 5.59. The van der Waals surface area contributed by atoms with E-state index in [0.29, 0.717) is 18.0 Å². The Labute approximate surface area is 173 Å². The summed E-state index contributed by atoms with van der Waals surface area (Å²) in [5.74, 6) is 0.0992. The molecule has 2 amide bonds. The lowest BCUT2D eigenvalue weighted by Gasteiger charge is -2.23. The van der Waals surface area contributed by atoms with Crippen molar-refractivity contribution in [2.75, 3.05) is 24.5 Å². The van der Waals surface area contributed by atoms with Gasteiger partial charge in [0.05, 0.1) is 0 Å². The Morgan fingerprint density at radius 2 is 1.76 bits per heavy atom. The quantitative estimate of drug-likeness (QED) is 0.758. The second kappa shape index (κ2) is 9.59. The molecule has 0 saturated carbocycles. The standard InChI is InChI=1S/C24H31N3O2/c1-17(2)22(26-23(28)20-11-9-18(3)10-12-20)24(29)25-15-19-13-14-27(16-19)21-7-5-4-6-8-21/h4-12,17,19,22H,13-16H2,1-3H3,(H,25,29)(H,26,28). The average Bonchev–Trinajstić information content (AvgIpc) is 3.20. The summed E-state index contributed by atoms with van der Waals surface area (Å²) >= 11 is 0. The minimum atomic E-state index is -0.546. The van der Waals surface area contributed by atoms with E-state index >= 15 is 0 Å². The van der Waals surface area contributed by atoms with Gasteiger partial charge in [0.15, 0.2) is 0 Å². The van der Waals surface area contributed by atoms with Crippen molar-refractivity contribution < 1.29 is 9.59 Å². The lowest BCUT2D eigenvalue weighted by atomic mass is 10.0. The molecule has 1 heterocycles. The molecule has 29 heavy (non-hydrogen) atoms. The maximum atomic E-state index is 12.8. The fraction of sp³-hybridized carbons (Fsp3) is 0.417. The highest BCUT2D eigenvalue weighted by molar-refractivity contribution is 5.97. The SMILES string of the molecule is Cc1ccc(C(=O)NC(C(=O)NCC2CCN(c3ccccc3)C2)C(C)C)cc1. The highest BCUT2D eigenvalue weighted by Gasteiger charge is 2.27. The van der Waals surface area contributed by atoms with Gasteiger partial charge >= 0.3 is 0 Å². The van der Waals surface area contributed by atoms with Gasteiger partial charge in [-0.25, -0.2) is 0 Å². The van der Waals surface area contributed by atoms with E-state index in [2.05, 4.69) is 27.7 Å². The van der Waals surface area contributed by atoms with Crippen LogP contribution in [0.5, 0.6) is 0 Å². The van der Waals surface area contributed by atoms with E-state index in [1.165, 1.54) is 5.69 Å². The molecular formula is C24H31N3O2. The summed E-state index contributed by atoms with van der Waals surface area (Å²) in [6.45, 7) is 8.45. The normalized spacial score (nSPS) is 17.2. The van der Waals surface area contributed by atoms with E-state index < -0.39 is 6.04 Å². The van der Waals surface area contributed by atoms with Crippen molar-refractivity contribution in [3.8, 4) is 0 Å². The number of anilines is 1. The Morgan fingerprint density at radius 1 is 1.07 bits per heavy atom. The van der Waals surface area contributed by atoms with Crippen molar-refractivity contribution in [2.24, 2.45) is 11.8 Å². The van der Waals surface area contributed by atoms with Crippen molar-refractivity contribution in [1.82, 2.24) is 10.6 Å². The van der Waals surface area contributed by atoms with Gasteiger partial charge in [0.25, 0.3) is 5.91 Å². The second-order valence-corrected chi connectivity index (χ2v) is 8.24. The number of rotatable bonds is 7. The number of amides is 2. The topological polar surface area (TPSA) is 61.4 Å². The molecule has 2 aromatic rings. The predicted molar refractivity (Wildman–Crippen MR) is 117 cm³/mol. The van der Waals surface area contributed by atoms with E-state index in [4.69, 9.17) is 0 Å².